The van der Waals surface area contributed by atoms with Crippen molar-refractivity contribution in [3.63, 3.8) is 0 Å². The number of fused-ring (bicyclic) bond motifs is 1. The van der Waals surface area contributed by atoms with E-state index in [2.05, 4.69) is 49.2 Å². The van der Waals surface area contributed by atoms with Crippen LogP contribution in [0.15, 0.2) is 4.99 Å². The summed E-state index contributed by atoms with van der Waals surface area (Å²) in [6.45, 7) is 6.64. The first kappa shape index (κ1) is 19.1. The molecule has 0 bridgehead atoms. The molecule has 0 amide bonds. The lowest BCUT2D eigenvalue weighted by Crippen LogP contribution is -2.38. The smallest absolute Gasteiger partial charge is 0.191 e. The van der Waals surface area contributed by atoms with Gasteiger partial charge in [-0.3, -0.25) is 4.99 Å². The number of thiazole rings is 1. The monoisotopic (exact) mass is 461 g/mol. The van der Waals surface area contributed by atoms with E-state index in [-0.39, 0.29) is 24.0 Å². The Hall–Kier alpha value is -1.23. The normalized spacial score (nSPS) is 13.5. The van der Waals surface area contributed by atoms with E-state index in [9.17, 15) is 0 Å². The SMILES string of the molecule is CN=C(NCCc1nc(C)c(C)s1)NCc1nnc2n1CCC2.I. The number of hydrogen-bond acceptors (Lipinski definition) is 5. The zero-order valence-corrected chi connectivity index (χ0v) is 17.4. The van der Waals surface area contributed by atoms with Crippen LogP contribution in [0.1, 0.15) is 33.6 Å². The van der Waals surface area contributed by atoms with Crippen LogP contribution in [0.25, 0.3) is 0 Å². The zero-order valence-electron chi connectivity index (χ0n) is 14.3. The molecular formula is C15H24IN7S. The molecule has 9 heteroatoms. The maximum Gasteiger partial charge on any atom is 0.191 e. The van der Waals surface area contributed by atoms with E-state index >= 15 is 0 Å². The average Bonchev–Trinajstić information content (AvgIpc) is 3.21. The largest absolute Gasteiger partial charge is 0.356 e. The summed E-state index contributed by atoms with van der Waals surface area (Å²) in [6.07, 6.45) is 3.10. The minimum atomic E-state index is 0. The molecule has 0 saturated heterocycles. The van der Waals surface area contributed by atoms with E-state index < -0.39 is 0 Å². The maximum absolute atomic E-state index is 4.56. The van der Waals surface area contributed by atoms with Crippen molar-refractivity contribution in [1.82, 2.24) is 30.4 Å². The molecule has 1 aliphatic rings. The molecule has 7 nitrogen and oxygen atoms in total. The molecular weight excluding hydrogens is 437 g/mol. The molecule has 0 aliphatic carbocycles. The fraction of sp³-hybridized carbons (Fsp3) is 0.600. The standard InChI is InChI=1S/C15H23N7S.HI/c1-10-11(2)23-14(19-10)6-7-17-15(16-3)18-9-13-21-20-12-5-4-8-22(12)13;/h4-9H2,1-3H3,(H2,16,17,18);1H. The summed E-state index contributed by atoms with van der Waals surface area (Å²) < 4.78 is 2.20. The van der Waals surface area contributed by atoms with Gasteiger partial charge in [0.25, 0.3) is 0 Å². The van der Waals surface area contributed by atoms with Gasteiger partial charge in [0, 0.05) is 37.9 Å². The number of aromatic nitrogens is 4. The topological polar surface area (TPSA) is 80.0 Å². The van der Waals surface area contributed by atoms with Gasteiger partial charge in [-0.1, -0.05) is 0 Å². The number of nitrogens with one attached hydrogen (secondary N) is 2. The second-order valence-corrected chi connectivity index (χ2v) is 6.93. The van der Waals surface area contributed by atoms with Crippen LogP contribution >= 0.6 is 35.3 Å². The molecule has 1 aliphatic heterocycles. The minimum Gasteiger partial charge on any atom is -0.356 e. The first-order chi connectivity index (χ1) is 11.2. The van der Waals surface area contributed by atoms with E-state index in [0.29, 0.717) is 6.54 Å². The summed E-state index contributed by atoms with van der Waals surface area (Å²) >= 11 is 1.77. The minimum absolute atomic E-state index is 0. The number of guanidine groups is 1. The molecule has 24 heavy (non-hydrogen) atoms. The van der Waals surface area contributed by atoms with Crippen LogP contribution in [0.4, 0.5) is 0 Å². The third kappa shape index (κ3) is 4.44. The molecule has 0 fully saturated rings. The first-order valence-electron chi connectivity index (χ1n) is 7.95. The highest BCUT2D eigenvalue weighted by Crippen LogP contribution is 2.16. The quantitative estimate of drug-likeness (QED) is 0.404. The van der Waals surface area contributed by atoms with Crippen LogP contribution < -0.4 is 10.6 Å². The number of aryl methyl sites for hydroxylation is 3. The Balaban J connectivity index is 0.00000208. The fourth-order valence-corrected chi connectivity index (χ4v) is 3.59. The van der Waals surface area contributed by atoms with Crippen LogP contribution in [0, 0.1) is 13.8 Å². The van der Waals surface area contributed by atoms with Crippen molar-refractivity contribution in [2.75, 3.05) is 13.6 Å². The van der Waals surface area contributed by atoms with Crippen molar-refractivity contribution in [2.45, 2.75) is 46.2 Å². The van der Waals surface area contributed by atoms with Gasteiger partial charge in [-0.15, -0.1) is 45.5 Å². The molecule has 0 unspecified atom stereocenters. The maximum atomic E-state index is 4.56. The van der Waals surface area contributed by atoms with Crippen molar-refractivity contribution in [3.05, 3.63) is 27.2 Å². The highest BCUT2D eigenvalue weighted by atomic mass is 127. The van der Waals surface area contributed by atoms with Gasteiger partial charge in [0.2, 0.25) is 0 Å². The van der Waals surface area contributed by atoms with E-state index in [1.54, 1.807) is 18.4 Å². The summed E-state index contributed by atoms with van der Waals surface area (Å²) in [6, 6.07) is 0. The van der Waals surface area contributed by atoms with E-state index in [1.807, 2.05) is 0 Å². The summed E-state index contributed by atoms with van der Waals surface area (Å²) in [7, 11) is 1.78. The molecule has 2 aromatic heterocycles. The van der Waals surface area contributed by atoms with E-state index in [0.717, 1.165) is 55.7 Å². The van der Waals surface area contributed by atoms with Crippen molar-refractivity contribution in [1.29, 1.82) is 0 Å². The van der Waals surface area contributed by atoms with Gasteiger partial charge in [0.1, 0.15) is 5.82 Å². The van der Waals surface area contributed by atoms with Crippen molar-refractivity contribution >= 4 is 41.3 Å². The van der Waals surface area contributed by atoms with E-state index in [4.69, 9.17) is 0 Å². The Kier molecular flexibility index (Phi) is 6.96. The Morgan fingerprint density at radius 2 is 2.12 bits per heavy atom. The van der Waals surface area contributed by atoms with Crippen LogP contribution in [-0.4, -0.2) is 39.3 Å². The van der Waals surface area contributed by atoms with Gasteiger partial charge in [0.15, 0.2) is 11.8 Å². The van der Waals surface area contributed by atoms with Gasteiger partial charge in [0.05, 0.1) is 17.2 Å². The fourth-order valence-electron chi connectivity index (χ4n) is 2.66. The van der Waals surface area contributed by atoms with Crippen molar-refractivity contribution < 1.29 is 0 Å². The molecule has 2 aromatic rings. The molecule has 0 spiro atoms. The van der Waals surface area contributed by atoms with Crippen LogP contribution in [-0.2, 0) is 25.9 Å². The highest BCUT2D eigenvalue weighted by Gasteiger charge is 2.17. The Morgan fingerprint density at radius 1 is 1.29 bits per heavy atom. The Labute approximate surface area is 163 Å². The zero-order chi connectivity index (χ0) is 16.2. The molecule has 0 aromatic carbocycles. The summed E-state index contributed by atoms with van der Waals surface area (Å²) in [5.41, 5.74) is 1.13. The first-order valence-corrected chi connectivity index (χ1v) is 8.77. The second-order valence-electron chi connectivity index (χ2n) is 5.64. The van der Waals surface area contributed by atoms with Crippen LogP contribution in [0.3, 0.4) is 0 Å². The second kappa shape index (κ2) is 8.75. The molecule has 0 saturated carbocycles. The third-order valence-electron chi connectivity index (χ3n) is 4.03. The van der Waals surface area contributed by atoms with E-state index in [1.165, 1.54) is 9.88 Å². The molecule has 2 N–H and O–H groups in total. The summed E-state index contributed by atoms with van der Waals surface area (Å²) in [5, 5.41) is 16.3. The van der Waals surface area contributed by atoms with Gasteiger partial charge in [-0.05, 0) is 20.3 Å². The molecule has 3 rings (SSSR count). The van der Waals surface area contributed by atoms with Gasteiger partial charge in [-0.25, -0.2) is 4.98 Å². The molecule has 0 radical (unpaired) electrons. The molecule has 0 atom stereocenters. The lowest BCUT2D eigenvalue weighted by atomic mass is 10.4. The van der Waals surface area contributed by atoms with Crippen LogP contribution in [0.2, 0.25) is 0 Å². The molecule has 132 valence electrons. The van der Waals surface area contributed by atoms with Crippen LogP contribution in [0.5, 0.6) is 0 Å². The van der Waals surface area contributed by atoms with Crippen molar-refractivity contribution in [3.8, 4) is 0 Å². The van der Waals surface area contributed by atoms with Gasteiger partial charge >= 0.3 is 0 Å². The molecule has 3 heterocycles. The Bertz CT molecular complexity index is 687. The van der Waals surface area contributed by atoms with Gasteiger partial charge < -0.3 is 15.2 Å². The average molecular weight is 461 g/mol. The number of aliphatic imine (C=N–C) groups is 1. The number of rotatable bonds is 5. The number of hydrogen-bond donors (Lipinski definition) is 2. The Morgan fingerprint density at radius 3 is 2.83 bits per heavy atom. The number of nitrogens with zero attached hydrogens (tertiary/aromatic N) is 5. The lowest BCUT2D eigenvalue weighted by molar-refractivity contribution is 0.662. The van der Waals surface area contributed by atoms with Gasteiger partial charge in [-0.2, -0.15) is 0 Å². The van der Waals surface area contributed by atoms with Crippen molar-refractivity contribution in [2.24, 2.45) is 4.99 Å². The highest BCUT2D eigenvalue weighted by molar-refractivity contribution is 14.0. The number of halogens is 1. The summed E-state index contributed by atoms with van der Waals surface area (Å²) in [5.74, 6) is 2.86. The third-order valence-corrected chi connectivity index (χ3v) is 5.16. The predicted octanol–water partition coefficient (Wildman–Crippen LogP) is 1.82. The summed E-state index contributed by atoms with van der Waals surface area (Å²) in [4.78, 5) is 10.1. The lowest BCUT2D eigenvalue weighted by Gasteiger charge is -2.11. The predicted molar refractivity (Wildman–Crippen MR) is 107 cm³/mol.